The predicted octanol–water partition coefficient (Wildman–Crippen LogP) is 6.13. The zero-order valence-electron chi connectivity index (χ0n) is 19.3. The third-order valence-electron chi connectivity index (χ3n) is 5.56. The number of aromatic amines is 1. The molecular weight excluding hydrogens is 517 g/mol. The summed E-state index contributed by atoms with van der Waals surface area (Å²) in [6.07, 6.45) is 2.75. The van der Waals surface area contributed by atoms with Crippen molar-refractivity contribution in [3.63, 3.8) is 0 Å². The first kappa shape index (κ1) is 24.4. The monoisotopic (exact) mass is 535 g/mol. The van der Waals surface area contributed by atoms with Crippen molar-refractivity contribution in [3.8, 4) is 22.4 Å². The summed E-state index contributed by atoms with van der Waals surface area (Å²) in [6, 6.07) is 18.5. The number of para-hydroxylation sites is 1. The van der Waals surface area contributed by atoms with Gasteiger partial charge >= 0.3 is 6.03 Å². The Kier molecular flexibility index (Phi) is 6.36. The van der Waals surface area contributed by atoms with E-state index in [2.05, 4.69) is 25.8 Å². The summed E-state index contributed by atoms with van der Waals surface area (Å²) >= 11 is 6.08. The molecule has 0 spiro atoms. The SMILES string of the molecule is CS(=O)(=O)c1cccc(-c2cnc3[nH]nc(-c4cc(F)cc(NC(=O)Nc5ccccc5Cl)c4)c3c2)c1. The van der Waals surface area contributed by atoms with Gasteiger partial charge < -0.3 is 10.6 Å². The highest BCUT2D eigenvalue weighted by Crippen LogP contribution is 2.32. The number of pyridine rings is 1. The van der Waals surface area contributed by atoms with E-state index < -0.39 is 21.7 Å². The van der Waals surface area contributed by atoms with Gasteiger partial charge in [0.15, 0.2) is 15.5 Å². The number of carbonyl (C=O) groups is 1. The number of hydrogen-bond acceptors (Lipinski definition) is 5. The van der Waals surface area contributed by atoms with E-state index in [1.165, 1.54) is 18.2 Å². The van der Waals surface area contributed by atoms with Gasteiger partial charge in [0.2, 0.25) is 0 Å². The molecule has 186 valence electrons. The molecule has 5 aromatic rings. The highest BCUT2D eigenvalue weighted by Gasteiger charge is 2.15. The summed E-state index contributed by atoms with van der Waals surface area (Å²) in [4.78, 5) is 17.1. The second kappa shape index (κ2) is 9.64. The lowest BCUT2D eigenvalue weighted by Gasteiger charge is -2.10. The lowest BCUT2D eigenvalue weighted by atomic mass is 10.0. The number of rotatable bonds is 5. The Morgan fingerprint density at radius 3 is 2.54 bits per heavy atom. The topological polar surface area (TPSA) is 117 Å². The highest BCUT2D eigenvalue weighted by molar-refractivity contribution is 7.90. The van der Waals surface area contributed by atoms with Crippen LogP contribution in [-0.4, -0.2) is 35.9 Å². The number of carbonyl (C=O) groups excluding carboxylic acids is 1. The van der Waals surface area contributed by atoms with Gasteiger partial charge in [-0.15, -0.1) is 0 Å². The van der Waals surface area contributed by atoms with Crippen molar-refractivity contribution in [2.45, 2.75) is 4.90 Å². The maximum atomic E-state index is 14.6. The average Bonchev–Trinajstić information content (AvgIpc) is 3.28. The molecule has 2 aromatic heterocycles. The number of amides is 2. The fourth-order valence-electron chi connectivity index (χ4n) is 3.83. The van der Waals surface area contributed by atoms with Gasteiger partial charge in [-0.25, -0.2) is 22.6 Å². The number of H-pyrrole nitrogens is 1. The van der Waals surface area contributed by atoms with Crippen LogP contribution in [-0.2, 0) is 9.84 Å². The first-order valence-corrected chi connectivity index (χ1v) is 13.2. The summed E-state index contributed by atoms with van der Waals surface area (Å²) in [5.41, 5.74) is 3.22. The van der Waals surface area contributed by atoms with Gasteiger partial charge in [-0.2, -0.15) is 5.10 Å². The predicted molar refractivity (Wildman–Crippen MR) is 142 cm³/mol. The summed E-state index contributed by atoms with van der Waals surface area (Å²) in [5.74, 6) is -0.577. The van der Waals surface area contributed by atoms with Crippen LogP contribution in [0.25, 0.3) is 33.4 Å². The molecule has 2 heterocycles. The third kappa shape index (κ3) is 5.30. The number of hydrogen-bond donors (Lipinski definition) is 3. The molecule has 0 atom stereocenters. The summed E-state index contributed by atoms with van der Waals surface area (Å²) in [6.45, 7) is 0. The van der Waals surface area contributed by atoms with Gasteiger partial charge in [0, 0.05) is 34.7 Å². The lowest BCUT2D eigenvalue weighted by Crippen LogP contribution is -2.19. The number of nitrogens with zero attached hydrogens (tertiary/aromatic N) is 2. The minimum absolute atomic E-state index is 0.188. The van der Waals surface area contributed by atoms with E-state index in [1.807, 2.05) is 0 Å². The number of aromatic nitrogens is 3. The smallest absolute Gasteiger partial charge is 0.308 e. The van der Waals surface area contributed by atoms with Crippen LogP contribution in [0.2, 0.25) is 5.02 Å². The number of anilines is 2. The van der Waals surface area contributed by atoms with Gasteiger partial charge in [0.1, 0.15) is 11.5 Å². The van der Waals surface area contributed by atoms with Crippen LogP contribution in [0.4, 0.5) is 20.6 Å². The summed E-state index contributed by atoms with van der Waals surface area (Å²) in [5, 5.41) is 13.3. The van der Waals surface area contributed by atoms with E-state index in [0.717, 1.165) is 6.26 Å². The first-order valence-electron chi connectivity index (χ1n) is 11.0. The number of nitrogens with one attached hydrogen (secondary N) is 3. The molecule has 8 nitrogen and oxygen atoms in total. The number of sulfone groups is 1. The quantitative estimate of drug-likeness (QED) is 0.250. The van der Waals surface area contributed by atoms with Gasteiger partial charge in [0.25, 0.3) is 0 Å². The van der Waals surface area contributed by atoms with E-state index in [9.17, 15) is 17.6 Å². The van der Waals surface area contributed by atoms with Crippen LogP contribution in [0.1, 0.15) is 0 Å². The Labute approximate surface area is 216 Å². The Bertz CT molecular complexity index is 1770. The number of fused-ring (bicyclic) bond motifs is 1. The highest BCUT2D eigenvalue weighted by atomic mass is 35.5. The molecule has 0 aliphatic rings. The second-order valence-electron chi connectivity index (χ2n) is 8.28. The molecule has 3 aromatic carbocycles. The normalized spacial score (nSPS) is 11.4. The molecule has 0 bridgehead atoms. The van der Waals surface area contributed by atoms with Gasteiger partial charge in [-0.05, 0) is 54.1 Å². The zero-order chi connectivity index (χ0) is 26.2. The molecule has 11 heteroatoms. The van der Waals surface area contributed by atoms with Crippen molar-refractivity contribution < 1.29 is 17.6 Å². The molecule has 0 aliphatic carbocycles. The lowest BCUT2D eigenvalue weighted by molar-refractivity contribution is 0.262. The zero-order valence-corrected chi connectivity index (χ0v) is 20.9. The standard InChI is InChI=1S/C26H19ClFN5O3S/c1-37(35,36)20-6-4-5-15(11-20)17-12-21-24(32-33-25(21)29-14-17)16-9-18(28)13-19(10-16)30-26(34)31-23-8-3-2-7-22(23)27/h2-14H,1H3,(H,29,32,33)(H2,30,31,34). The first-order chi connectivity index (χ1) is 17.7. The number of benzene rings is 3. The fourth-order valence-corrected chi connectivity index (χ4v) is 4.68. The van der Waals surface area contributed by atoms with Gasteiger partial charge in [-0.3, -0.25) is 5.10 Å². The third-order valence-corrected chi connectivity index (χ3v) is 7.00. The second-order valence-corrected chi connectivity index (χ2v) is 10.7. The van der Waals surface area contributed by atoms with E-state index in [4.69, 9.17) is 11.6 Å². The molecule has 0 saturated heterocycles. The maximum absolute atomic E-state index is 14.6. The number of halogens is 2. The van der Waals surface area contributed by atoms with Crippen LogP contribution >= 0.6 is 11.6 Å². The maximum Gasteiger partial charge on any atom is 0.323 e. The summed E-state index contributed by atoms with van der Waals surface area (Å²) < 4.78 is 38.5. The molecule has 0 aliphatic heterocycles. The van der Waals surface area contributed by atoms with E-state index in [0.29, 0.717) is 44.1 Å². The van der Waals surface area contributed by atoms with E-state index in [1.54, 1.807) is 60.8 Å². The molecule has 0 fully saturated rings. The van der Waals surface area contributed by atoms with Crippen molar-refractivity contribution in [2.24, 2.45) is 0 Å². The Morgan fingerprint density at radius 1 is 0.946 bits per heavy atom. The van der Waals surface area contributed by atoms with Crippen molar-refractivity contribution in [3.05, 3.63) is 89.8 Å². The molecule has 5 rings (SSSR count). The molecule has 0 saturated carbocycles. The van der Waals surface area contributed by atoms with Crippen molar-refractivity contribution in [1.29, 1.82) is 0 Å². The minimum Gasteiger partial charge on any atom is -0.308 e. The largest absolute Gasteiger partial charge is 0.323 e. The van der Waals surface area contributed by atoms with Crippen LogP contribution < -0.4 is 10.6 Å². The van der Waals surface area contributed by atoms with E-state index >= 15 is 0 Å². The van der Waals surface area contributed by atoms with Crippen LogP contribution in [0.15, 0.2) is 83.9 Å². The Hall–Kier alpha value is -4.28. The van der Waals surface area contributed by atoms with Gasteiger partial charge in [0.05, 0.1) is 15.6 Å². The fraction of sp³-hybridized carbons (Fsp3) is 0.0385. The average molecular weight is 536 g/mol. The Morgan fingerprint density at radius 2 is 1.76 bits per heavy atom. The van der Waals surface area contributed by atoms with Crippen LogP contribution in [0.5, 0.6) is 0 Å². The summed E-state index contributed by atoms with van der Waals surface area (Å²) in [7, 11) is -3.39. The van der Waals surface area contributed by atoms with Gasteiger partial charge in [-0.1, -0.05) is 35.9 Å². The molecule has 37 heavy (non-hydrogen) atoms. The van der Waals surface area contributed by atoms with Crippen molar-refractivity contribution in [1.82, 2.24) is 15.2 Å². The number of urea groups is 1. The molecule has 0 radical (unpaired) electrons. The van der Waals surface area contributed by atoms with E-state index in [-0.39, 0.29) is 10.6 Å². The van der Waals surface area contributed by atoms with Crippen LogP contribution in [0, 0.1) is 5.82 Å². The van der Waals surface area contributed by atoms with Crippen molar-refractivity contribution >= 4 is 49.9 Å². The van der Waals surface area contributed by atoms with Crippen molar-refractivity contribution in [2.75, 3.05) is 16.9 Å². The molecular formula is C26H19ClFN5O3S. The van der Waals surface area contributed by atoms with Crippen LogP contribution in [0.3, 0.4) is 0 Å². The molecule has 3 N–H and O–H groups in total. The minimum atomic E-state index is -3.39. The molecule has 0 unspecified atom stereocenters. The Balaban J connectivity index is 1.48. The molecule has 2 amide bonds.